The Bertz CT molecular complexity index is 617. The summed E-state index contributed by atoms with van der Waals surface area (Å²) in [7, 11) is 0. The summed E-state index contributed by atoms with van der Waals surface area (Å²) in [4.78, 5) is 17.4. The van der Waals surface area contributed by atoms with Gasteiger partial charge in [-0.3, -0.25) is 9.69 Å². The lowest BCUT2D eigenvalue weighted by Crippen LogP contribution is -2.52. The summed E-state index contributed by atoms with van der Waals surface area (Å²) in [6.07, 6.45) is 4.27. The van der Waals surface area contributed by atoms with E-state index in [0.29, 0.717) is 41.5 Å². The van der Waals surface area contributed by atoms with Crippen molar-refractivity contribution < 1.29 is 14.6 Å². The summed E-state index contributed by atoms with van der Waals surface area (Å²) in [6.45, 7) is 6.36. The first kappa shape index (κ1) is 19.5. The van der Waals surface area contributed by atoms with Gasteiger partial charge in [-0.2, -0.15) is 0 Å². The quantitative estimate of drug-likeness (QED) is 0.853. The highest BCUT2D eigenvalue weighted by Crippen LogP contribution is 2.28. The van der Waals surface area contributed by atoms with Gasteiger partial charge in [0, 0.05) is 31.3 Å². The highest BCUT2D eigenvalue weighted by molar-refractivity contribution is 6.32. The molecule has 1 N–H and O–H groups in total. The Labute approximate surface area is 160 Å². The predicted octanol–water partition coefficient (Wildman–Crippen LogP) is 3.05. The molecule has 3 rings (SSSR count). The van der Waals surface area contributed by atoms with Crippen molar-refractivity contribution in [2.24, 2.45) is 5.92 Å². The van der Waals surface area contributed by atoms with Crippen LogP contribution in [-0.4, -0.2) is 66.2 Å². The molecule has 0 saturated carbocycles. The van der Waals surface area contributed by atoms with E-state index < -0.39 is 0 Å². The van der Waals surface area contributed by atoms with Crippen molar-refractivity contribution in [1.29, 1.82) is 0 Å². The Kier molecular flexibility index (Phi) is 6.79. The molecule has 5 nitrogen and oxygen atoms in total. The van der Waals surface area contributed by atoms with Crippen molar-refractivity contribution in [2.75, 3.05) is 39.4 Å². The standard InChI is InChI=1S/C20H29ClN2O3/c1-2-26-19-6-5-16(12-18(19)21)20(25)23-9-3-4-17(13-23)22-10-7-15(14-24)8-11-22/h5-6,12,15,17,24H,2-4,7-11,13-14H2,1H3/t17-/m0/s1. The number of halogens is 1. The molecule has 26 heavy (non-hydrogen) atoms. The van der Waals surface area contributed by atoms with Gasteiger partial charge in [0.25, 0.3) is 5.91 Å². The topological polar surface area (TPSA) is 53.0 Å². The van der Waals surface area contributed by atoms with Crippen molar-refractivity contribution in [3.8, 4) is 5.75 Å². The second-order valence-corrected chi connectivity index (χ2v) is 7.69. The lowest BCUT2D eigenvalue weighted by molar-refractivity contribution is 0.0446. The number of piperidine rings is 2. The van der Waals surface area contributed by atoms with Crippen LogP contribution < -0.4 is 4.74 Å². The van der Waals surface area contributed by atoms with Crippen LogP contribution >= 0.6 is 11.6 Å². The van der Waals surface area contributed by atoms with Crippen molar-refractivity contribution in [2.45, 2.75) is 38.6 Å². The van der Waals surface area contributed by atoms with E-state index in [4.69, 9.17) is 16.3 Å². The van der Waals surface area contributed by atoms with E-state index in [9.17, 15) is 9.90 Å². The largest absolute Gasteiger partial charge is 0.492 e. The SMILES string of the molecule is CCOc1ccc(C(=O)N2CCC[C@H](N3CCC(CO)CC3)C2)cc1Cl. The Morgan fingerprint density at radius 3 is 2.69 bits per heavy atom. The third-order valence-corrected chi connectivity index (χ3v) is 5.88. The molecule has 1 aromatic carbocycles. The Morgan fingerprint density at radius 1 is 1.27 bits per heavy atom. The fourth-order valence-electron chi connectivity index (χ4n) is 4.03. The maximum absolute atomic E-state index is 12.9. The molecule has 0 bridgehead atoms. The zero-order valence-electron chi connectivity index (χ0n) is 15.5. The maximum Gasteiger partial charge on any atom is 0.253 e. The number of amides is 1. The number of ether oxygens (including phenoxy) is 1. The van der Waals surface area contributed by atoms with E-state index in [0.717, 1.165) is 51.9 Å². The number of aliphatic hydroxyl groups excluding tert-OH is 1. The van der Waals surface area contributed by atoms with Gasteiger partial charge >= 0.3 is 0 Å². The van der Waals surface area contributed by atoms with Gasteiger partial charge in [-0.1, -0.05) is 11.6 Å². The molecule has 0 radical (unpaired) electrons. The molecular weight excluding hydrogens is 352 g/mol. The molecular formula is C20H29ClN2O3. The maximum atomic E-state index is 12.9. The number of hydrogen-bond acceptors (Lipinski definition) is 4. The molecule has 2 saturated heterocycles. The van der Waals surface area contributed by atoms with Crippen molar-refractivity contribution >= 4 is 17.5 Å². The van der Waals surface area contributed by atoms with E-state index in [1.165, 1.54) is 0 Å². The van der Waals surface area contributed by atoms with Crippen molar-refractivity contribution in [1.82, 2.24) is 9.80 Å². The van der Waals surface area contributed by atoms with Gasteiger partial charge in [-0.05, 0) is 69.8 Å². The van der Waals surface area contributed by atoms with E-state index in [2.05, 4.69) is 4.90 Å². The molecule has 2 heterocycles. The van der Waals surface area contributed by atoms with E-state index in [1.807, 2.05) is 11.8 Å². The first-order valence-electron chi connectivity index (χ1n) is 9.69. The summed E-state index contributed by atoms with van der Waals surface area (Å²) in [6, 6.07) is 5.71. The van der Waals surface area contributed by atoms with E-state index >= 15 is 0 Å². The zero-order valence-corrected chi connectivity index (χ0v) is 16.2. The van der Waals surface area contributed by atoms with Gasteiger partial charge in [0.2, 0.25) is 0 Å². The minimum atomic E-state index is 0.0462. The number of rotatable bonds is 5. The summed E-state index contributed by atoms with van der Waals surface area (Å²) < 4.78 is 5.45. The normalized spacial score (nSPS) is 22.4. The average molecular weight is 381 g/mol. The van der Waals surface area contributed by atoms with Crippen LogP contribution in [0.5, 0.6) is 5.75 Å². The van der Waals surface area contributed by atoms with Gasteiger partial charge in [0.05, 0.1) is 11.6 Å². The van der Waals surface area contributed by atoms with Gasteiger partial charge in [-0.15, -0.1) is 0 Å². The second kappa shape index (κ2) is 9.07. The van der Waals surface area contributed by atoms with Crippen LogP contribution in [0.1, 0.15) is 43.0 Å². The molecule has 2 aliphatic heterocycles. The fourth-order valence-corrected chi connectivity index (χ4v) is 4.26. The van der Waals surface area contributed by atoms with Crippen LogP contribution in [0.3, 0.4) is 0 Å². The average Bonchev–Trinajstić information content (AvgIpc) is 2.69. The first-order chi connectivity index (χ1) is 12.6. The van der Waals surface area contributed by atoms with Crippen LogP contribution in [0.25, 0.3) is 0 Å². The molecule has 6 heteroatoms. The van der Waals surface area contributed by atoms with Gasteiger partial charge < -0.3 is 14.7 Å². The van der Waals surface area contributed by atoms with Crippen LogP contribution in [-0.2, 0) is 0 Å². The first-order valence-corrected chi connectivity index (χ1v) is 10.1. The van der Waals surface area contributed by atoms with Gasteiger partial charge in [-0.25, -0.2) is 0 Å². The summed E-state index contributed by atoms with van der Waals surface area (Å²) in [5.74, 6) is 1.11. The Balaban J connectivity index is 1.62. The van der Waals surface area contributed by atoms with Crippen LogP contribution in [0.15, 0.2) is 18.2 Å². The molecule has 1 aromatic rings. The number of carbonyl (C=O) groups is 1. The predicted molar refractivity (Wildman–Crippen MR) is 103 cm³/mol. The molecule has 2 fully saturated rings. The molecule has 1 amide bonds. The van der Waals surface area contributed by atoms with Crippen molar-refractivity contribution in [3.63, 3.8) is 0 Å². The summed E-state index contributed by atoms with van der Waals surface area (Å²) in [5.41, 5.74) is 0.623. The third kappa shape index (κ3) is 4.51. The Hall–Kier alpha value is -1.30. The molecule has 1 atom stereocenters. The number of nitrogens with zero attached hydrogens (tertiary/aromatic N) is 2. The molecule has 144 valence electrons. The monoisotopic (exact) mass is 380 g/mol. The van der Waals surface area contributed by atoms with Crippen LogP contribution in [0, 0.1) is 5.92 Å². The minimum absolute atomic E-state index is 0.0462. The van der Waals surface area contributed by atoms with Gasteiger partial charge in [0.15, 0.2) is 0 Å². The molecule has 0 aliphatic carbocycles. The number of benzene rings is 1. The lowest BCUT2D eigenvalue weighted by Gasteiger charge is -2.42. The number of hydrogen-bond donors (Lipinski definition) is 1. The molecule has 0 aromatic heterocycles. The minimum Gasteiger partial charge on any atom is -0.492 e. The zero-order chi connectivity index (χ0) is 18.5. The van der Waals surface area contributed by atoms with Gasteiger partial charge in [0.1, 0.15) is 5.75 Å². The van der Waals surface area contributed by atoms with Crippen molar-refractivity contribution in [3.05, 3.63) is 28.8 Å². The molecule has 2 aliphatic rings. The highest BCUT2D eigenvalue weighted by atomic mass is 35.5. The number of aliphatic hydroxyl groups is 1. The number of likely N-dealkylation sites (tertiary alicyclic amines) is 2. The van der Waals surface area contributed by atoms with Crippen LogP contribution in [0.2, 0.25) is 5.02 Å². The molecule has 0 unspecified atom stereocenters. The molecule has 0 spiro atoms. The Morgan fingerprint density at radius 2 is 2.04 bits per heavy atom. The third-order valence-electron chi connectivity index (χ3n) is 5.59. The highest BCUT2D eigenvalue weighted by Gasteiger charge is 2.30. The number of carbonyl (C=O) groups excluding carboxylic acids is 1. The second-order valence-electron chi connectivity index (χ2n) is 7.29. The van der Waals surface area contributed by atoms with Crippen LogP contribution in [0.4, 0.5) is 0 Å². The fraction of sp³-hybridized carbons (Fsp3) is 0.650. The van der Waals surface area contributed by atoms with E-state index in [-0.39, 0.29) is 5.91 Å². The summed E-state index contributed by atoms with van der Waals surface area (Å²) in [5, 5.41) is 9.80. The summed E-state index contributed by atoms with van der Waals surface area (Å²) >= 11 is 6.24. The smallest absolute Gasteiger partial charge is 0.253 e. The lowest BCUT2D eigenvalue weighted by atomic mass is 9.94. The van der Waals surface area contributed by atoms with E-state index in [1.54, 1.807) is 18.2 Å².